The minimum atomic E-state index is 0.714. The second-order valence-corrected chi connectivity index (χ2v) is 5.46. The number of nitrogens with one attached hydrogen (secondary N) is 1. The highest BCUT2D eigenvalue weighted by Gasteiger charge is 2.12. The van der Waals surface area contributed by atoms with Crippen LogP contribution in [-0.4, -0.2) is 43.2 Å². The SMILES string of the molecule is CNCc1cc(Br)cnc1OCCN1CCCC1. The second kappa shape index (κ2) is 7.07. The zero-order chi connectivity index (χ0) is 12.8. The Morgan fingerprint density at radius 2 is 2.22 bits per heavy atom. The molecule has 0 atom stereocenters. The number of likely N-dealkylation sites (tertiary alicyclic amines) is 1. The predicted molar refractivity (Wildman–Crippen MR) is 75.9 cm³/mol. The lowest BCUT2D eigenvalue weighted by molar-refractivity contribution is 0.230. The molecule has 0 spiro atoms. The third-order valence-corrected chi connectivity index (χ3v) is 3.54. The van der Waals surface area contributed by atoms with E-state index in [1.54, 1.807) is 6.20 Å². The molecule has 0 aromatic carbocycles. The number of aromatic nitrogens is 1. The van der Waals surface area contributed by atoms with Crippen molar-refractivity contribution in [3.05, 3.63) is 22.3 Å². The van der Waals surface area contributed by atoms with Crippen LogP contribution < -0.4 is 10.1 Å². The molecule has 0 unspecified atom stereocenters. The van der Waals surface area contributed by atoms with Crippen LogP contribution in [0.5, 0.6) is 5.88 Å². The number of nitrogens with zero attached hydrogens (tertiary/aromatic N) is 2. The predicted octanol–water partition coefficient (Wildman–Crippen LogP) is 2.04. The first-order valence-electron chi connectivity index (χ1n) is 6.44. The molecule has 4 nitrogen and oxygen atoms in total. The molecule has 1 aliphatic heterocycles. The zero-order valence-electron chi connectivity index (χ0n) is 10.8. The smallest absolute Gasteiger partial charge is 0.217 e. The van der Waals surface area contributed by atoms with Gasteiger partial charge in [0, 0.05) is 29.3 Å². The van der Waals surface area contributed by atoms with Crippen molar-refractivity contribution < 1.29 is 4.74 Å². The lowest BCUT2D eigenvalue weighted by Crippen LogP contribution is -2.25. The van der Waals surface area contributed by atoms with Gasteiger partial charge in [0.05, 0.1) is 0 Å². The molecular weight excluding hydrogens is 294 g/mol. The van der Waals surface area contributed by atoms with Crippen molar-refractivity contribution in [1.29, 1.82) is 0 Å². The summed E-state index contributed by atoms with van der Waals surface area (Å²) in [6, 6.07) is 2.05. The molecule has 1 aliphatic rings. The van der Waals surface area contributed by atoms with Crippen LogP contribution in [0.25, 0.3) is 0 Å². The molecule has 1 aromatic rings. The fourth-order valence-corrected chi connectivity index (χ4v) is 2.57. The average molecular weight is 314 g/mol. The minimum absolute atomic E-state index is 0.714. The third-order valence-electron chi connectivity index (χ3n) is 3.10. The molecule has 0 bridgehead atoms. The van der Waals surface area contributed by atoms with Gasteiger partial charge in [-0.1, -0.05) is 0 Å². The lowest BCUT2D eigenvalue weighted by atomic mass is 10.3. The van der Waals surface area contributed by atoms with E-state index in [2.05, 4.69) is 37.2 Å². The van der Waals surface area contributed by atoms with Gasteiger partial charge in [-0.3, -0.25) is 4.90 Å². The molecule has 1 aromatic heterocycles. The molecule has 1 fully saturated rings. The maximum Gasteiger partial charge on any atom is 0.217 e. The van der Waals surface area contributed by atoms with Crippen LogP contribution in [0.1, 0.15) is 18.4 Å². The fraction of sp³-hybridized carbons (Fsp3) is 0.615. The van der Waals surface area contributed by atoms with Gasteiger partial charge < -0.3 is 10.1 Å². The topological polar surface area (TPSA) is 37.4 Å². The van der Waals surface area contributed by atoms with Gasteiger partial charge in [0.2, 0.25) is 5.88 Å². The Morgan fingerprint density at radius 1 is 1.44 bits per heavy atom. The summed E-state index contributed by atoms with van der Waals surface area (Å²) in [6.45, 7) is 4.90. The maximum absolute atomic E-state index is 5.79. The van der Waals surface area contributed by atoms with Crippen LogP contribution in [0.2, 0.25) is 0 Å². The summed E-state index contributed by atoms with van der Waals surface area (Å²) in [5.41, 5.74) is 1.09. The van der Waals surface area contributed by atoms with Gasteiger partial charge in [-0.05, 0) is 55.0 Å². The number of halogens is 1. The van der Waals surface area contributed by atoms with Gasteiger partial charge in [-0.2, -0.15) is 0 Å². The van der Waals surface area contributed by atoms with Gasteiger partial charge in [0.1, 0.15) is 6.61 Å². The van der Waals surface area contributed by atoms with E-state index >= 15 is 0 Å². The van der Waals surface area contributed by atoms with E-state index in [0.717, 1.165) is 29.0 Å². The largest absolute Gasteiger partial charge is 0.476 e. The van der Waals surface area contributed by atoms with E-state index < -0.39 is 0 Å². The van der Waals surface area contributed by atoms with E-state index in [0.29, 0.717) is 6.61 Å². The summed E-state index contributed by atoms with van der Waals surface area (Å²) in [6.07, 6.45) is 4.42. The van der Waals surface area contributed by atoms with Crippen molar-refractivity contribution in [2.45, 2.75) is 19.4 Å². The average Bonchev–Trinajstić information content (AvgIpc) is 2.85. The van der Waals surface area contributed by atoms with Crippen molar-refractivity contribution in [2.75, 3.05) is 33.3 Å². The Labute approximate surface area is 117 Å². The first-order chi connectivity index (χ1) is 8.79. The Bertz CT molecular complexity index is 380. The van der Waals surface area contributed by atoms with Crippen LogP contribution in [-0.2, 0) is 6.54 Å². The van der Waals surface area contributed by atoms with Crippen LogP contribution in [0.3, 0.4) is 0 Å². The molecule has 100 valence electrons. The summed E-state index contributed by atoms with van der Waals surface area (Å²) >= 11 is 3.43. The summed E-state index contributed by atoms with van der Waals surface area (Å²) < 4.78 is 6.78. The molecular formula is C13H20BrN3O. The minimum Gasteiger partial charge on any atom is -0.476 e. The summed E-state index contributed by atoms with van der Waals surface area (Å²) in [7, 11) is 1.93. The molecule has 0 aliphatic carbocycles. The highest BCUT2D eigenvalue weighted by Crippen LogP contribution is 2.20. The highest BCUT2D eigenvalue weighted by molar-refractivity contribution is 9.10. The van der Waals surface area contributed by atoms with Gasteiger partial charge in [-0.15, -0.1) is 0 Å². The monoisotopic (exact) mass is 313 g/mol. The Kier molecular flexibility index (Phi) is 5.41. The first-order valence-corrected chi connectivity index (χ1v) is 7.23. The molecule has 0 amide bonds. The van der Waals surface area contributed by atoms with Crippen molar-refractivity contribution in [2.24, 2.45) is 0 Å². The molecule has 2 heterocycles. The Hall–Kier alpha value is -0.650. The third kappa shape index (κ3) is 3.93. The number of hydrogen-bond donors (Lipinski definition) is 1. The quantitative estimate of drug-likeness (QED) is 0.872. The van der Waals surface area contributed by atoms with E-state index in [-0.39, 0.29) is 0 Å². The highest BCUT2D eigenvalue weighted by atomic mass is 79.9. The number of rotatable bonds is 6. The van der Waals surface area contributed by atoms with Crippen LogP contribution in [0, 0.1) is 0 Å². The van der Waals surface area contributed by atoms with Crippen LogP contribution in [0.4, 0.5) is 0 Å². The molecule has 0 radical (unpaired) electrons. The summed E-state index contributed by atoms with van der Waals surface area (Å²) in [5.74, 6) is 0.742. The summed E-state index contributed by atoms with van der Waals surface area (Å²) in [4.78, 5) is 6.77. The standard InChI is InChI=1S/C13H20BrN3O/c1-15-9-11-8-12(14)10-16-13(11)18-7-6-17-4-2-3-5-17/h8,10,15H,2-7,9H2,1H3. The molecule has 2 rings (SSSR count). The van der Waals surface area contributed by atoms with Crippen molar-refractivity contribution in [1.82, 2.24) is 15.2 Å². The number of hydrogen-bond acceptors (Lipinski definition) is 4. The van der Waals surface area contributed by atoms with Crippen molar-refractivity contribution >= 4 is 15.9 Å². The molecule has 5 heteroatoms. The van der Waals surface area contributed by atoms with Crippen molar-refractivity contribution in [3.8, 4) is 5.88 Å². The van der Waals surface area contributed by atoms with E-state index in [4.69, 9.17) is 4.74 Å². The first kappa shape index (κ1) is 13.8. The zero-order valence-corrected chi connectivity index (χ0v) is 12.4. The lowest BCUT2D eigenvalue weighted by Gasteiger charge is -2.16. The molecule has 0 saturated carbocycles. The van der Waals surface area contributed by atoms with E-state index in [1.165, 1.54) is 25.9 Å². The number of ether oxygens (including phenoxy) is 1. The molecule has 1 saturated heterocycles. The van der Waals surface area contributed by atoms with Gasteiger partial charge in [0.15, 0.2) is 0 Å². The Balaban J connectivity index is 1.87. The van der Waals surface area contributed by atoms with Crippen LogP contribution in [0.15, 0.2) is 16.7 Å². The van der Waals surface area contributed by atoms with E-state index in [9.17, 15) is 0 Å². The normalized spacial score (nSPS) is 16.1. The van der Waals surface area contributed by atoms with Crippen molar-refractivity contribution in [3.63, 3.8) is 0 Å². The maximum atomic E-state index is 5.79. The van der Waals surface area contributed by atoms with E-state index in [1.807, 2.05) is 7.05 Å². The second-order valence-electron chi connectivity index (χ2n) is 4.55. The van der Waals surface area contributed by atoms with Gasteiger partial charge in [-0.25, -0.2) is 4.98 Å². The number of pyridine rings is 1. The summed E-state index contributed by atoms with van der Waals surface area (Å²) in [5, 5.41) is 3.13. The fourth-order valence-electron chi connectivity index (χ4n) is 2.19. The van der Waals surface area contributed by atoms with Gasteiger partial charge in [0.25, 0.3) is 0 Å². The molecule has 18 heavy (non-hydrogen) atoms. The Morgan fingerprint density at radius 3 is 2.94 bits per heavy atom. The molecule has 1 N–H and O–H groups in total. The van der Waals surface area contributed by atoms with Gasteiger partial charge >= 0.3 is 0 Å². The van der Waals surface area contributed by atoms with Crippen LogP contribution >= 0.6 is 15.9 Å².